The van der Waals surface area contributed by atoms with Crippen LogP contribution in [0.2, 0.25) is 0 Å². The Bertz CT molecular complexity index is 1060. The van der Waals surface area contributed by atoms with Crippen LogP contribution in [0, 0.1) is 6.92 Å². The number of carbonyl (C=O) groups excluding carboxylic acids is 2. The van der Waals surface area contributed by atoms with Crippen molar-refractivity contribution in [3.63, 3.8) is 0 Å². The molecule has 0 unspecified atom stereocenters. The van der Waals surface area contributed by atoms with Crippen LogP contribution in [0.15, 0.2) is 54.6 Å². The van der Waals surface area contributed by atoms with Crippen molar-refractivity contribution in [2.45, 2.75) is 59.2 Å². The number of hydrogen-bond acceptors (Lipinski definition) is 4. The first-order valence-corrected chi connectivity index (χ1v) is 12.9. The Morgan fingerprint density at radius 3 is 2.18 bits per heavy atom. The Balaban J connectivity index is 2.43. The third-order valence-corrected chi connectivity index (χ3v) is 6.19. The van der Waals surface area contributed by atoms with Crippen LogP contribution in [0.5, 0.6) is 0 Å². The lowest BCUT2D eigenvalue weighted by Crippen LogP contribution is -2.55. The molecule has 0 aromatic heterocycles. The minimum Gasteiger partial charge on any atom is -0.350 e. The van der Waals surface area contributed by atoms with Gasteiger partial charge < -0.3 is 10.2 Å². The highest BCUT2D eigenvalue weighted by Crippen LogP contribution is 2.21. The van der Waals surface area contributed by atoms with E-state index < -0.39 is 34.1 Å². The summed E-state index contributed by atoms with van der Waals surface area (Å²) in [5.41, 5.74) is 1.68. The molecule has 0 spiro atoms. The standard InChI is InChI=1S/C25H35N3O4S/c1-7-22(24(30)26-25(3,4)5)27(17-20-13-9-8-10-14-20)23(29)18-28(33(6,31)32)21-15-11-12-19(2)16-21/h8-16,22H,7,17-18H2,1-6H3,(H,26,30)/t22-/m1/s1. The fourth-order valence-electron chi connectivity index (χ4n) is 3.55. The lowest BCUT2D eigenvalue weighted by atomic mass is 10.1. The summed E-state index contributed by atoms with van der Waals surface area (Å²) in [5, 5.41) is 2.95. The molecule has 0 fully saturated rings. The van der Waals surface area contributed by atoms with Crippen molar-refractivity contribution in [2.24, 2.45) is 0 Å². The van der Waals surface area contributed by atoms with Crippen LogP contribution >= 0.6 is 0 Å². The Kier molecular flexibility index (Phi) is 8.66. The van der Waals surface area contributed by atoms with E-state index in [1.165, 1.54) is 4.90 Å². The molecule has 2 aromatic rings. The number of carbonyl (C=O) groups is 2. The second-order valence-corrected chi connectivity index (χ2v) is 11.2. The van der Waals surface area contributed by atoms with E-state index in [1.807, 2.05) is 71.0 Å². The van der Waals surface area contributed by atoms with Crippen molar-refractivity contribution in [1.29, 1.82) is 0 Å². The number of rotatable bonds is 9. The Morgan fingerprint density at radius 1 is 1.03 bits per heavy atom. The van der Waals surface area contributed by atoms with Crippen molar-refractivity contribution in [3.8, 4) is 0 Å². The SMILES string of the molecule is CC[C@H](C(=O)NC(C)(C)C)N(Cc1ccccc1)C(=O)CN(c1cccc(C)c1)S(C)(=O)=O. The predicted molar refractivity (Wildman–Crippen MR) is 132 cm³/mol. The van der Waals surface area contributed by atoms with Gasteiger partial charge in [-0.2, -0.15) is 0 Å². The zero-order chi connectivity index (χ0) is 24.8. The lowest BCUT2D eigenvalue weighted by Gasteiger charge is -2.34. The Morgan fingerprint density at radius 2 is 1.67 bits per heavy atom. The molecular formula is C25H35N3O4S. The van der Waals surface area contributed by atoms with Crippen LogP contribution in [0.4, 0.5) is 5.69 Å². The quantitative estimate of drug-likeness (QED) is 0.604. The van der Waals surface area contributed by atoms with Crippen molar-refractivity contribution < 1.29 is 18.0 Å². The van der Waals surface area contributed by atoms with Crippen LogP contribution in [0.3, 0.4) is 0 Å². The summed E-state index contributed by atoms with van der Waals surface area (Å²) in [6.07, 6.45) is 1.47. The largest absolute Gasteiger partial charge is 0.350 e. The number of aryl methyl sites for hydroxylation is 1. The summed E-state index contributed by atoms with van der Waals surface area (Å²) in [7, 11) is -3.73. The third kappa shape index (κ3) is 7.89. The average molecular weight is 474 g/mol. The van der Waals surface area contributed by atoms with Crippen molar-refractivity contribution in [3.05, 3.63) is 65.7 Å². The molecule has 0 heterocycles. The third-order valence-electron chi connectivity index (χ3n) is 5.05. The van der Waals surface area contributed by atoms with Gasteiger partial charge in [0.1, 0.15) is 12.6 Å². The molecule has 0 aliphatic heterocycles. The second-order valence-electron chi connectivity index (χ2n) is 9.28. The van der Waals surface area contributed by atoms with Crippen molar-refractivity contribution in [2.75, 3.05) is 17.1 Å². The maximum atomic E-state index is 13.6. The fourth-order valence-corrected chi connectivity index (χ4v) is 4.39. The molecule has 0 bridgehead atoms. The number of benzene rings is 2. The maximum Gasteiger partial charge on any atom is 0.244 e. The molecule has 2 aromatic carbocycles. The van der Waals surface area contributed by atoms with Crippen LogP contribution in [0.25, 0.3) is 0 Å². The van der Waals surface area contributed by atoms with Gasteiger partial charge in [0.2, 0.25) is 21.8 Å². The summed E-state index contributed by atoms with van der Waals surface area (Å²) < 4.78 is 26.3. The van der Waals surface area contributed by atoms with Gasteiger partial charge in [-0.15, -0.1) is 0 Å². The van der Waals surface area contributed by atoms with Gasteiger partial charge in [-0.05, 0) is 57.4 Å². The summed E-state index contributed by atoms with van der Waals surface area (Å²) in [5.74, 6) is -0.711. The summed E-state index contributed by atoms with van der Waals surface area (Å²) in [4.78, 5) is 28.1. The molecule has 7 nitrogen and oxygen atoms in total. The van der Waals surface area contributed by atoms with Crippen molar-refractivity contribution in [1.82, 2.24) is 10.2 Å². The highest BCUT2D eigenvalue weighted by Gasteiger charge is 2.33. The van der Waals surface area contributed by atoms with E-state index >= 15 is 0 Å². The van der Waals surface area contributed by atoms with Crippen molar-refractivity contribution >= 4 is 27.5 Å². The van der Waals surface area contributed by atoms with E-state index in [-0.39, 0.29) is 12.5 Å². The van der Waals surface area contributed by atoms with Gasteiger partial charge >= 0.3 is 0 Å². The Hall–Kier alpha value is -2.87. The molecule has 2 rings (SSSR count). The number of sulfonamides is 1. The average Bonchev–Trinajstić information content (AvgIpc) is 2.70. The highest BCUT2D eigenvalue weighted by molar-refractivity contribution is 7.92. The Labute approximate surface area is 197 Å². The molecule has 0 radical (unpaired) electrons. The minimum atomic E-state index is -3.73. The van der Waals surface area contributed by atoms with Gasteiger partial charge in [-0.3, -0.25) is 13.9 Å². The van der Waals surface area contributed by atoms with E-state index in [0.717, 1.165) is 21.7 Å². The topological polar surface area (TPSA) is 86.8 Å². The van der Waals surface area contributed by atoms with Crippen LogP contribution < -0.4 is 9.62 Å². The molecule has 2 amide bonds. The first kappa shape index (κ1) is 26.4. The first-order chi connectivity index (χ1) is 15.3. The van der Waals surface area contributed by atoms with Gasteiger partial charge in [0, 0.05) is 12.1 Å². The molecule has 1 N–H and O–H groups in total. The zero-order valence-corrected chi connectivity index (χ0v) is 21.1. The van der Waals surface area contributed by atoms with E-state index in [2.05, 4.69) is 5.32 Å². The molecule has 180 valence electrons. The van der Waals surface area contributed by atoms with Gasteiger partial charge in [0.15, 0.2) is 0 Å². The van der Waals surface area contributed by atoms with Gasteiger partial charge in [-0.25, -0.2) is 8.42 Å². The summed E-state index contributed by atoms with van der Waals surface area (Å²) in [6.45, 7) is 9.14. The lowest BCUT2D eigenvalue weighted by molar-refractivity contribution is -0.141. The minimum absolute atomic E-state index is 0.196. The summed E-state index contributed by atoms with van der Waals surface area (Å²) >= 11 is 0. The molecular weight excluding hydrogens is 438 g/mol. The summed E-state index contributed by atoms with van der Waals surface area (Å²) in [6, 6.07) is 15.6. The number of anilines is 1. The van der Waals surface area contributed by atoms with E-state index in [1.54, 1.807) is 18.2 Å². The number of nitrogens with one attached hydrogen (secondary N) is 1. The van der Waals surface area contributed by atoms with E-state index in [9.17, 15) is 18.0 Å². The first-order valence-electron chi connectivity index (χ1n) is 11.0. The van der Waals surface area contributed by atoms with Crippen LogP contribution in [-0.4, -0.2) is 49.5 Å². The molecule has 0 aliphatic carbocycles. The van der Waals surface area contributed by atoms with Gasteiger partial charge in [0.25, 0.3) is 0 Å². The zero-order valence-electron chi connectivity index (χ0n) is 20.3. The highest BCUT2D eigenvalue weighted by atomic mass is 32.2. The second kappa shape index (κ2) is 10.8. The molecule has 33 heavy (non-hydrogen) atoms. The smallest absolute Gasteiger partial charge is 0.244 e. The number of nitrogens with zero attached hydrogens (tertiary/aromatic N) is 2. The predicted octanol–water partition coefficient (Wildman–Crippen LogP) is 3.48. The van der Waals surface area contributed by atoms with Crippen LogP contribution in [0.1, 0.15) is 45.2 Å². The molecule has 0 saturated heterocycles. The maximum absolute atomic E-state index is 13.6. The molecule has 8 heteroatoms. The monoisotopic (exact) mass is 473 g/mol. The van der Waals surface area contributed by atoms with Gasteiger partial charge in [0.05, 0.1) is 11.9 Å². The normalized spacial score (nSPS) is 12.7. The number of hydrogen-bond donors (Lipinski definition) is 1. The molecule has 0 aliphatic rings. The van der Waals surface area contributed by atoms with Gasteiger partial charge in [-0.1, -0.05) is 49.4 Å². The molecule has 0 saturated carbocycles. The van der Waals surface area contributed by atoms with E-state index in [0.29, 0.717) is 12.1 Å². The molecule has 1 atom stereocenters. The van der Waals surface area contributed by atoms with Crippen LogP contribution in [-0.2, 0) is 26.2 Å². The fraction of sp³-hybridized carbons (Fsp3) is 0.440. The van der Waals surface area contributed by atoms with E-state index in [4.69, 9.17) is 0 Å². The number of amides is 2.